The number of aromatic amines is 1. The number of esters is 1. The van der Waals surface area contributed by atoms with Gasteiger partial charge in [-0.25, -0.2) is 14.8 Å². The molecule has 2 aromatic rings. The normalized spacial score (nSPS) is 14.7. The topological polar surface area (TPSA) is 97.0 Å². The molecular formula is C15H13ClN4O3. The molecule has 0 saturated heterocycles. The summed E-state index contributed by atoms with van der Waals surface area (Å²) in [6, 6.07) is 1.67. The van der Waals surface area contributed by atoms with E-state index in [1.807, 2.05) is 6.92 Å². The highest BCUT2D eigenvalue weighted by atomic mass is 35.5. The summed E-state index contributed by atoms with van der Waals surface area (Å²) in [5.74, 6) is -0.790. The van der Waals surface area contributed by atoms with Crippen LogP contribution < -0.4 is 5.32 Å². The van der Waals surface area contributed by atoms with Crippen molar-refractivity contribution in [2.75, 3.05) is 11.9 Å². The van der Waals surface area contributed by atoms with Crippen molar-refractivity contribution in [1.82, 2.24) is 15.0 Å². The minimum Gasteiger partial charge on any atom is -0.462 e. The average molecular weight is 333 g/mol. The number of carbonyl (C=O) groups is 2. The Morgan fingerprint density at radius 2 is 2.26 bits per heavy atom. The van der Waals surface area contributed by atoms with Crippen molar-refractivity contribution >= 4 is 40.8 Å². The maximum atomic E-state index is 12.1. The molecule has 3 rings (SSSR count). The molecule has 0 spiro atoms. The lowest BCUT2D eigenvalue weighted by atomic mass is 10.1. The van der Waals surface area contributed by atoms with Crippen LogP contribution in [0.5, 0.6) is 0 Å². The van der Waals surface area contributed by atoms with E-state index < -0.39 is 5.97 Å². The molecule has 7 nitrogen and oxygen atoms in total. The largest absolute Gasteiger partial charge is 0.462 e. The van der Waals surface area contributed by atoms with Gasteiger partial charge in [0, 0.05) is 5.69 Å². The maximum Gasteiger partial charge on any atom is 0.340 e. The van der Waals surface area contributed by atoms with Gasteiger partial charge in [0.25, 0.3) is 5.91 Å². The van der Waals surface area contributed by atoms with Gasteiger partial charge in [-0.1, -0.05) is 0 Å². The quantitative estimate of drug-likeness (QED) is 0.511. The van der Waals surface area contributed by atoms with E-state index in [0.717, 1.165) is 5.69 Å². The van der Waals surface area contributed by atoms with E-state index in [0.29, 0.717) is 28.2 Å². The summed E-state index contributed by atoms with van der Waals surface area (Å²) in [5.41, 5.74) is 2.80. The molecule has 0 unspecified atom stereocenters. The van der Waals surface area contributed by atoms with Crippen molar-refractivity contribution in [2.45, 2.75) is 13.8 Å². The van der Waals surface area contributed by atoms with Crippen LogP contribution in [0.1, 0.15) is 34.4 Å². The zero-order valence-electron chi connectivity index (χ0n) is 12.4. The Morgan fingerprint density at radius 1 is 1.48 bits per heavy atom. The molecule has 0 aliphatic carbocycles. The van der Waals surface area contributed by atoms with Crippen molar-refractivity contribution in [3.05, 3.63) is 40.2 Å². The third-order valence-corrected chi connectivity index (χ3v) is 3.46. The van der Waals surface area contributed by atoms with E-state index >= 15 is 0 Å². The van der Waals surface area contributed by atoms with E-state index in [1.165, 1.54) is 6.20 Å². The number of nitrogens with zero attached hydrogens (tertiary/aromatic N) is 2. The second-order valence-corrected chi connectivity index (χ2v) is 5.25. The molecule has 0 aromatic carbocycles. The predicted octanol–water partition coefficient (Wildman–Crippen LogP) is 2.44. The third kappa shape index (κ3) is 2.83. The van der Waals surface area contributed by atoms with Gasteiger partial charge in [-0.2, -0.15) is 0 Å². The second-order valence-electron chi connectivity index (χ2n) is 4.91. The molecule has 2 aromatic heterocycles. The lowest BCUT2D eigenvalue weighted by molar-refractivity contribution is -0.110. The number of halogens is 1. The molecular weight excluding hydrogens is 320 g/mol. The Kier molecular flexibility index (Phi) is 3.87. The number of aromatic nitrogens is 3. The third-order valence-electron chi connectivity index (χ3n) is 3.27. The average Bonchev–Trinajstić information content (AvgIpc) is 3.01. The highest BCUT2D eigenvalue weighted by Crippen LogP contribution is 2.32. The fourth-order valence-electron chi connectivity index (χ4n) is 2.33. The van der Waals surface area contributed by atoms with Crippen molar-refractivity contribution in [3.63, 3.8) is 0 Å². The van der Waals surface area contributed by atoms with Crippen molar-refractivity contribution in [2.24, 2.45) is 0 Å². The molecule has 2 N–H and O–H groups in total. The van der Waals surface area contributed by atoms with Gasteiger partial charge in [0.2, 0.25) is 5.28 Å². The molecule has 23 heavy (non-hydrogen) atoms. The summed E-state index contributed by atoms with van der Waals surface area (Å²) in [7, 11) is 0. The molecule has 0 fully saturated rings. The Morgan fingerprint density at radius 3 is 3.00 bits per heavy atom. The van der Waals surface area contributed by atoms with Gasteiger partial charge in [-0.05, 0) is 37.6 Å². The number of H-pyrrole nitrogens is 1. The van der Waals surface area contributed by atoms with Gasteiger partial charge in [0.05, 0.1) is 35.3 Å². The maximum absolute atomic E-state index is 12.1. The molecule has 0 atom stereocenters. The number of amides is 1. The van der Waals surface area contributed by atoms with Crippen LogP contribution in [-0.4, -0.2) is 33.4 Å². The number of nitrogens with one attached hydrogen (secondary N) is 2. The first-order valence-corrected chi connectivity index (χ1v) is 7.30. The number of carbonyl (C=O) groups excluding carboxylic acids is 2. The lowest BCUT2D eigenvalue weighted by Gasteiger charge is -2.01. The zero-order chi connectivity index (χ0) is 16.6. The van der Waals surface area contributed by atoms with E-state index in [4.69, 9.17) is 16.3 Å². The van der Waals surface area contributed by atoms with Crippen LogP contribution in [0.2, 0.25) is 5.28 Å². The molecule has 0 bridgehead atoms. The Bertz CT molecular complexity index is 841. The summed E-state index contributed by atoms with van der Waals surface area (Å²) in [4.78, 5) is 35.1. The standard InChI is InChI=1S/C15H13ClN4O3/c1-3-23-14(22)8-4-7(2)18-10(8)5-9-12-11(19-13(9)21)6-17-15(16)20-12/h4-6,18H,3H2,1-2H3,(H,19,21)/b9-5-. The summed E-state index contributed by atoms with van der Waals surface area (Å²) < 4.78 is 5.03. The number of ether oxygens (including phenoxy) is 1. The van der Waals surface area contributed by atoms with Crippen LogP contribution in [0.3, 0.4) is 0 Å². The molecule has 118 valence electrons. The molecule has 1 amide bonds. The highest BCUT2D eigenvalue weighted by molar-refractivity contribution is 6.35. The van der Waals surface area contributed by atoms with Gasteiger partial charge in [-0.3, -0.25) is 4.79 Å². The Hall–Kier alpha value is -2.67. The van der Waals surface area contributed by atoms with Crippen LogP contribution >= 0.6 is 11.6 Å². The number of hydrogen-bond donors (Lipinski definition) is 2. The molecule has 8 heteroatoms. The number of hydrogen-bond acceptors (Lipinski definition) is 5. The van der Waals surface area contributed by atoms with Crippen LogP contribution in [0.4, 0.5) is 5.69 Å². The Labute approximate surface area is 136 Å². The van der Waals surface area contributed by atoms with Gasteiger partial charge in [0.15, 0.2) is 0 Å². The Balaban J connectivity index is 2.08. The van der Waals surface area contributed by atoms with Gasteiger partial charge in [-0.15, -0.1) is 0 Å². The highest BCUT2D eigenvalue weighted by Gasteiger charge is 2.27. The van der Waals surface area contributed by atoms with Crippen molar-refractivity contribution < 1.29 is 14.3 Å². The smallest absolute Gasteiger partial charge is 0.340 e. The van der Waals surface area contributed by atoms with E-state index in [1.54, 1.807) is 19.1 Å². The van der Waals surface area contributed by atoms with E-state index in [9.17, 15) is 9.59 Å². The van der Waals surface area contributed by atoms with Crippen LogP contribution in [0.15, 0.2) is 12.3 Å². The monoisotopic (exact) mass is 332 g/mol. The summed E-state index contributed by atoms with van der Waals surface area (Å²) in [6.07, 6.45) is 3.00. The van der Waals surface area contributed by atoms with Gasteiger partial charge >= 0.3 is 5.97 Å². The van der Waals surface area contributed by atoms with Crippen LogP contribution in [0.25, 0.3) is 11.6 Å². The fraction of sp³-hybridized carbons (Fsp3) is 0.200. The zero-order valence-corrected chi connectivity index (χ0v) is 13.2. The SMILES string of the molecule is CCOC(=O)c1cc(C)[nH]c1/C=C1\C(=O)Nc2cnc(Cl)nc21. The summed E-state index contributed by atoms with van der Waals surface area (Å²) in [6.45, 7) is 3.81. The fourth-order valence-corrected chi connectivity index (χ4v) is 2.47. The molecule has 3 heterocycles. The van der Waals surface area contributed by atoms with Crippen molar-refractivity contribution in [1.29, 1.82) is 0 Å². The second kappa shape index (κ2) is 5.85. The minimum absolute atomic E-state index is 0.0411. The van der Waals surface area contributed by atoms with Crippen LogP contribution in [-0.2, 0) is 9.53 Å². The lowest BCUT2D eigenvalue weighted by Crippen LogP contribution is -2.06. The number of fused-ring (bicyclic) bond motifs is 1. The van der Waals surface area contributed by atoms with Crippen LogP contribution in [0, 0.1) is 6.92 Å². The van der Waals surface area contributed by atoms with E-state index in [2.05, 4.69) is 20.3 Å². The van der Waals surface area contributed by atoms with E-state index in [-0.39, 0.29) is 17.8 Å². The number of rotatable bonds is 3. The first kappa shape index (κ1) is 15.2. The molecule has 0 saturated carbocycles. The summed E-state index contributed by atoms with van der Waals surface area (Å²) >= 11 is 5.80. The van der Waals surface area contributed by atoms with Gasteiger partial charge < -0.3 is 15.0 Å². The van der Waals surface area contributed by atoms with Crippen molar-refractivity contribution in [3.8, 4) is 0 Å². The van der Waals surface area contributed by atoms with Gasteiger partial charge in [0.1, 0.15) is 5.69 Å². The molecule has 1 aliphatic heterocycles. The minimum atomic E-state index is -0.456. The summed E-state index contributed by atoms with van der Waals surface area (Å²) in [5, 5.41) is 2.70. The first-order valence-electron chi connectivity index (χ1n) is 6.92. The molecule has 1 aliphatic rings. The molecule has 0 radical (unpaired) electrons. The number of aryl methyl sites for hydroxylation is 1. The predicted molar refractivity (Wildman–Crippen MR) is 85.0 cm³/mol. The first-order chi connectivity index (χ1) is 11.0. The number of anilines is 1.